The lowest BCUT2D eigenvalue weighted by Gasteiger charge is -2.14. The van der Waals surface area contributed by atoms with Crippen LogP contribution in [0.5, 0.6) is 0 Å². The molecule has 1 N–H and O–H groups in total. The van der Waals surface area contributed by atoms with Crippen LogP contribution in [0, 0.1) is 0 Å². The number of amides is 1. The average molecular weight is 488 g/mol. The number of hydrogen-bond donors (Lipinski definition) is 1. The molecular weight excluding hydrogens is 450 g/mol. The molecule has 8 heteroatoms. The molecule has 192 valence electrons. The van der Waals surface area contributed by atoms with Gasteiger partial charge < -0.3 is 33.7 Å². The molecule has 2 aromatic carbocycles. The lowest BCUT2D eigenvalue weighted by Crippen LogP contribution is -2.27. The molecule has 0 fully saturated rings. The fourth-order valence-electron chi connectivity index (χ4n) is 3.92. The number of benzene rings is 2. The van der Waals surface area contributed by atoms with Crippen LogP contribution in [0.15, 0.2) is 48.5 Å². The van der Waals surface area contributed by atoms with Gasteiger partial charge in [-0.1, -0.05) is 48.5 Å². The summed E-state index contributed by atoms with van der Waals surface area (Å²) >= 11 is 0. The Balaban J connectivity index is 1.16. The summed E-state index contributed by atoms with van der Waals surface area (Å²) in [5.41, 5.74) is 4.84. The molecule has 1 aliphatic rings. The van der Waals surface area contributed by atoms with Gasteiger partial charge in [-0.25, -0.2) is 4.79 Å². The number of carbonyl (C=O) groups excluding carboxylic acids is 1. The molecule has 2 aromatic rings. The van der Waals surface area contributed by atoms with Crippen LogP contribution in [-0.4, -0.2) is 85.8 Å². The van der Waals surface area contributed by atoms with Crippen molar-refractivity contribution in [3.05, 3.63) is 59.7 Å². The number of fused-ring (bicyclic) bond motifs is 3. The van der Waals surface area contributed by atoms with Crippen LogP contribution in [0.1, 0.15) is 23.5 Å². The number of rotatable bonds is 18. The lowest BCUT2D eigenvalue weighted by atomic mass is 9.98. The quantitative estimate of drug-likeness (QED) is 0.322. The summed E-state index contributed by atoms with van der Waals surface area (Å²) in [6.07, 6.45) is 0.301. The van der Waals surface area contributed by atoms with E-state index >= 15 is 0 Å². The summed E-state index contributed by atoms with van der Waals surface area (Å²) < 4.78 is 32.1. The Morgan fingerprint density at radius 3 is 1.74 bits per heavy atom. The highest BCUT2D eigenvalue weighted by Gasteiger charge is 2.28. The maximum absolute atomic E-state index is 12.2. The van der Waals surface area contributed by atoms with Crippen molar-refractivity contribution in [1.82, 2.24) is 5.32 Å². The summed E-state index contributed by atoms with van der Waals surface area (Å²) in [6, 6.07) is 16.6. The van der Waals surface area contributed by atoms with Crippen molar-refractivity contribution in [3.63, 3.8) is 0 Å². The van der Waals surface area contributed by atoms with Gasteiger partial charge in [-0.3, -0.25) is 0 Å². The van der Waals surface area contributed by atoms with E-state index in [1.54, 1.807) is 7.11 Å². The molecule has 0 spiro atoms. The molecule has 1 aliphatic carbocycles. The second-order valence-corrected chi connectivity index (χ2v) is 8.05. The van der Waals surface area contributed by atoms with E-state index in [4.69, 9.17) is 28.4 Å². The van der Waals surface area contributed by atoms with Gasteiger partial charge in [0.15, 0.2) is 0 Å². The van der Waals surface area contributed by atoms with Crippen LogP contribution >= 0.6 is 0 Å². The van der Waals surface area contributed by atoms with Crippen LogP contribution in [0.25, 0.3) is 11.1 Å². The van der Waals surface area contributed by atoms with Gasteiger partial charge in [-0.15, -0.1) is 0 Å². The fourth-order valence-corrected chi connectivity index (χ4v) is 3.92. The normalized spacial score (nSPS) is 12.4. The van der Waals surface area contributed by atoms with Gasteiger partial charge in [-0.05, 0) is 28.7 Å². The molecule has 8 nitrogen and oxygen atoms in total. The third-order valence-electron chi connectivity index (χ3n) is 5.63. The van der Waals surface area contributed by atoms with Crippen LogP contribution in [0.4, 0.5) is 4.79 Å². The van der Waals surface area contributed by atoms with Crippen molar-refractivity contribution >= 4 is 6.09 Å². The van der Waals surface area contributed by atoms with Crippen LogP contribution in [0.3, 0.4) is 0 Å². The number of carbonyl (C=O) groups is 1. The zero-order valence-electron chi connectivity index (χ0n) is 20.5. The molecule has 0 saturated carbocycles. The van der Waals surface area contributed by atoms with Crippen molar-refractivity contribution in [2.45, 2.75) is 12.3 Å². The number of ether oxygens (including phenoxy) is 6. The average Bonchev–Trinajstić information content (AvgIpc) is 3.21. The van der Waals surface area contributed by atoms with Crippen molar-refractivity contribution in [2.24, 2.45) is 0 Å². The van der Waals surface area contributed by atoms with Crippen LogP contribution in [0.2, 0.25) is 0 Å². The maximum atomic E-state index is 12.2. The Labute approximate surface area is 207 Å². The third-order valence-corrected chi connectivity index (χ3v) is 5.63. The lowest BCUT2D eigenvalue weighted by molar-refractivity contribution is -0.00787. The minimum Gasteiger partial charge on any atom is -0.449 e. The first-order chi connectivity index (χ1) is 17.3. The molecule has 0 atom stereocenters. The SMILES string of the molecule is COCCOCCOCCOCCOCCCNC(=O)OCC1c2ccccc2-c2ccccc21. The molecule has 3 rings (SSSR count). The summed E-state index contributed by atoms with van der Waals surface area (Å²) in [5.74, 6) is 0.0658. The summed E-state index contributed by atoms with van der Waals surface area (Å²) in [6.45, 7) is 5.68. The Morgan fingerprint density at radius 2 is 1.20 bits per heavy atom. The van der Waals surface area contributed by atoms with Gasteiger partial charge in [0.25, 0.3) is 0 Å². The molecule has 0 aromatic heterocycles. The molecule has 1 amide bonds. The van der Waals surface area contributed by atoms with E-state index < -0.39 is 6.09 Å². The highest BCUT2D eigenvalue weighted by atomic mass is 16.6. The molecule has 35 heavy (non-hydrogen) atoms. The maximum Gasteiger partial charge on any atom is 0.407 e. The number of nitrogens with one attached hydrogen (secondary N) is 1. The number of hydrogen-bond acceptors (Lipinski definition) is 7. The van der Waals surface area contributed by atoms with E-state index in [2.05, 4.69) is 29.6 Å². The van der Waals surface area contributed by atoms with E-state index in [1.807, 2.05) is 24.3 Å². The van der Waals surface area contributed by atoms with Crippen molar-refractivity contribution in [1.29, 1.82) is 0 Å². The Kier molecular flexibility index (Phi) is 12.6. The molecule has 0 saturated heterocycles. The monoisotopic (exact) mass is 487 g/mol. The van der Waals surface area contributed by atoms with Gasteiger partial charge in [0.05, 0.1) is 52.9 Å². The Bertz CT molecular complexity index is 831. The first-order valence-corrected chi connectivity index (χ1v) is 12.2. The minimum absolute atomic E-state index is 0.0658. The number of methoxy groups -OCH3 is 1. The summed E-state index contributed by atoms with van der Waals surface area (Å²) in [7, 11) is 1.64. The predicted octanol–water partition coefficient (Wildman–Crippen LogP) is 3.63. The van der Waals surface area contributed by atoms with Crippen molar-refractivity contribution < 1.29 is 33.2 Å². The van der Waals surface area contributed by atoms with Crippen LogP contribution < -0.4 is 5.32 Å². The van der Waals surface area contributed by atoms with Crippen LogP contribution in [-0.2, 0) is 28.4 Å². The van der Waals surface area contributed by atoms with Gasteiger partial charge in [0.1, 0.15) is 6.61 Å². The van der Waals surface area contributed by atoms with E-state index in [1.165, 1.54) is 22.3 Å². The zero-order valence-corrected chi connectivity index (χ0v) is 20.5. The zero-order chi connectivity index (χ0) is 24.6. The minimum atomic E-state index is -0.403. The van der Waals surface area contributed by atoms with E-state index in [9.17, 15) is 4.79 Å². The van der Waals surface area contributed by atoms with Gasteiger partial charge in [0.2, 0.25) is 0 Å². The highest BCUT2D eigenvalue weighted by Crippen LogP contribution is 2.44. The van der Waals surface area contributed by atoms with Gasteiger partial charge >= 0.3 is 6.09 Å². The standard InChI is InChI=1S/C27H37NO7/c1-30-13-14-32-17-18-34-20-19-33-16-15-31-12-6-11-28-27(29)35-21-26-24-9-4-2-7-22(24)23-8-3-5-10-25(23)26/h2-5,7-10,26H,6,11-21H2,1H3,(H,28,29). The molecule has 0 unspecified atom stereocenters. The second-order valence-electron chi connectivity index (χ2n) is 8.05. The van der Waals surface area contributed by atoms with Crippen molar-refractivity contribution in [3.8, 4) is 11.1 Å². The molecule has 0 radical (unpaired) electrons. The van der Waals surface area contributed by atoms with Crippen molar-refractivity contribution in [2.75, 3.05) is 79.7 Å². The molecule has 0 heterocycles. The fraction of sp³-hybridized carbons (Fsp3) is 0.519. The van der Waals surface area contributed by atoms with E-state index in [0.717, 1.165) is 0 Å². The number of alkyl carbamates (subject to hydrolysis) is 1. The topological polar surface area (TPSA) is 84.5 Å². The molecule has 0 aliphatic heterocycles. The molecular formula is C27H37NO7. The first kappa shape index (κ1) is 27.1. The third kappa shape index (κ3) is 9.23. The van der Waals surface area contributed by atoms with Gasteiger partial charge in [-0.2, -0.15) is 0 Å². The first-order valence-electron chi connectivity index (χ1n) is 12.2. The molecule has 0 bridgehead atoms. The Hall–Kier alpha value is -2.49. The van der Waals surface area contributed by atoms with Gasteiger partial charge in [0, 0.05) is 26.2 Å². The Morgan fingerprint density at radius 1 is 0.714 bits per heavy atom. The highest BCUT2D eigenvalue weighted by molar-refractivity contribution is 5.79. The predicted molar refractivity (Wildman–Crippen MR) is 133 cm³/mol. The summed E-state index contributed by atoms with van der Waals surface area (Å²) in [5, 5.41) is 2.80. The van der Waals surface area contributed by atoms with E-state index in [-0.39, 0.29) is 5.92 Å². The summed E-state index contributed by atoms with van der Waals surface area (Å²) in [4.78, 5) is 12.2. The second kappa shape index (κ2) is 16.2. The largest absolute Gasteiger partial charge is 0.449 e. The van der Waals surface area contributed by atoms with E-state index in [0.29, 0.717) is 79.0 Å². The smallest absolute Gasteiger partial charge is 0.407 e.